The standard InChI is InChI=1S/C21H28N6O2/c1-3-22-21(24-15-20-26-25-19-7-4-5-13-27(19)20)23-12-6-14-29-16-17-8-10-18(28-2)11-9-17/h4-5,7-11,13H,3,6,12,14-16H2,1-2H3,(H2,22,23,24). The molecule has 0 aliphatic heterocycles. The molecule has 0 aliphatic rings. The topological polar surface area (TPSA) is 85.1 Å². The van der Waals surface area contributed by atoms with Crippen LogP contribution in [0.3, 0.4) is 0 Å². The Kier molecular flexibility index (Phi) is 7.82. The Balaban J connectivity index is 1.40. The smallest absolute Gasteiger partial charge is 0.191 e. The maximum absolute atomic E-state index is 5.74. The van der Waals surface area contributed by atoms with Crippen molar-refractivity contribution in [2.24, 2.45) is 4.99 Å². The van der Waals surface area contributed by atoms with Gasteiger partial charge in [0.2, 0.25) is 0 Å². The van der Waals surface area contributed by atoms with Crippen LogP contribution in [0.1, 0.15) is 24.7 Å². The van der Waals surface area contributed by atoms with Gasteiger partial charge in [0.1, 0.15) is 12.3 Å². The van der Waals surface area contributed by atoms with E-state index in [4.69, 9.17) is 9.47 Å². The Morgan fingerprint density at radius 3 is 2.76 bits per heavy atom. The summed E-state index contributed by atoms with van der Waals surface area (Å²) in [6, 6.07) is 13.7. The summed E-state index contributed by atoms with van der Waals surface area (Å²) in [5.74, 6) is 2.42. The first-order valence-electron chi connectivity index (χ1n) is 9.81. The van der Waals surface area contributed by atoms with Crippen LogP contribution in [0.2, 0.25) is 0 Å². The van der Waals surface area contributed by atoms with Crippen molar-refractivity contribution in [3.8, 4) is 5.75 Å². The fourth-order valence-corrected chi connectivity index (χ4v) is 2.78. The summed E-state index contributed by atoms with van der Waals surface area (Å²) in [7, 11) is 1.66. The van der Waals surface area contributed by atoms with Gasteiger partial charge in [0, 0.05) is 25.9 Å². The summed E-state index contributed by atoms with van der Waals surface area (Å²) in [4.78, 5) is 4.61. The highest BCUT2D eigenvalue weighted by Gasteiger charge is 2.04. The molecule has 1 aromatic carbocycles. The molecule has 0 bridgehead atoms. The molecule has 154 valence electrons. The zero-order valence-corrected chi connectivity index (χ0v) is 17.0. The Labute approximate surface area is 171 Å². The molecule has 0 unspecified atom stereocenters. The van der Waals surface area contributed by atoms with Gasteiger partial charge >= 0.3 is 0 Å². The SMILES string of the molecule is CCNC(=NCc1nnc2ccccn12)NCCCOCc1ccc(OC)cc1. The van der Waals surface area contributed by atoms with Crippen molar-refractivity contribution in [3.63, 3.8) is 0 Å². The lowest BCUT2D eigenvalue weighted by atomic mass is 10.2. The number of rotatable bonds is 10. The van der Waals surface area contributed by atoms with Crippen LogP contribution in [0.15, 0.2) is 53.7 Å². The van der Waals surface area contributed by atoms with E-state index in [1.807, 2.05) is 60.0 Å². The summed E-state index contributed by atoms with van der Waals surface area (Å²) < 4.78 is 12.8. The molecule has 3 rings (SSSR count). The van der Waals surface area contributed by atoms with E-state index in [0.717, 1.165) is 48.3 Å². The monoisotopic (exact) mass is 396 g/mol. The second kappa shape index (κ2) is 11.0. The van der Waals surface area contributed by atoms with Crippen LogP contribution in [0.25, 0.3) is 5.65 Å². The van der Waals surface area contributed by atoms with E-state index >= 15 is 0 Å². The van der Waals surface area contributed by atoms with Crippen LogP contribution in [0, 0.1) is 0 Å². The van der Waals surface area contributed by atoms with Gasteiger partial charge in [-0.2, -0.15) is 0 Å². The molecule has 0 saturated heterocycles. The lowest BCUT2D eigenvalue weighted by Crippen LogP contribution is -2.38. The van der Waals surface area contributed by atoms with Gasteiger partial charge in [0.25, 0.3) is 0 Å². The van der Waals surface area contributed by atoms with E-state index in [1.54, 1.807) is 7.11 Å². The van der Waals surface area contributed by atoms with Gasteiger partial charge in [-0.3, -0.25) is 4.40 Å². The van der Waals surface area contributed by atoms with E-state index in [9.17, 15) is 0 Å². The average molecular weight is 396 g/mol. The van der Waals surface area contributed by atoms with E-state index in [0.29, 0.717) is 19.8 Å². The minimum Gasteiger partial charge on any atom is -0.497 e. The van der Waals surface area contributed by atoms with E-state index in [-0.39, 0.29) is 0 Å². The molecular weight excluding hydrogens is 368 g/mol. The fourth-order valence-electron chi connectivity index (χ4n) is 2.78. The predicted octanol–water partition coefficient (Wildman–Crippen LogP) is 2.40. The third-order valence-electron chi connectivity index (χ3n) is 4.29. The van der Waals surface area contributed by atoms with Crippen LogP contribution in [0.5, 0.6) is 5.75 Å². The minimum absolute atomic E-state index is 0.453. The van der Waals surface area contributed by atoms with Gasteiger partial charge in [-0.05, 0) is 43.2 Å². The number of ether oxygens (including phenoxy) is 2. The molecule has 0 radical (unpaired) electrons. The molecule has 2 heterocycles. The van der Waals surface area contributed by atoms with Crippen molar-refractivity contribution in [3.05, 3.63) is 60.0 Å². The third kappa shape index (κ3) is 6.18. The number of methoxy groups -OCH3 is 1. The van der Waals surface area contributed by atoms with Gasteiger partial charge in [-0.1, -0.05) is 18.2 Å². The normalized spacial score (nSPS) is 11.6. The maximum Gasteiger partial charge on any atom is 0.191 e. The van der Waals surface area contributed by atoms with E-state index in [2.05, 4.69) is 25.8 Å². The molecule has 8 nitrogen and oxygen atoms in total. The molecule has 3 aromatic rings. The number of nitrogens with one attached hydrogen (secondary N) is 2. The van der Waals surface area contributed by atoms with Crippen molar-refractivity contribution < 1.29 is 9.47 Å². The highest BCUT2D eigenvalue weighted by atomic mass is 16.5. The lowest BCUT2D eigenvalue weighted by molar-refractivity contribution is 0.119. The maximum atomic E-state index is 5.74. The van der Waals surface area contributed by atoms with Crippen LogP contribution in [-0.2, 0) is 17.9 Å². The molecule has 2 aromatic heterocycles. The van der Waals surface area contributed by atoms with Crippen molar-refractivity contribution in [1.82, 2.24) is 25.2 Å². The number of pyridine rings is 1. The fraction of sp³-hybridized carbons (Fsp3) is 0.381. The largest absolute Gasteiger partial charge is 0.497 e. The van der Waals surface area contributed by atoms with Gasteiger partial charge in [-0.25, -0.2) is 4.99 Å². The summed E-state index contributed by atoms with van der Waals surface area (Å²) in [5, 5.41) is 14.9. The molecule has 0 amide bonds. The molecule has 0 aliphatic carbocycles. The Morgan fingerprint density at radius 1 is 1.10 bits per heavy atom. The second-order valence-electron chi connectivity index (χ2n) is 6.42. The lowest BCUT2D eigenvalue weighted by Gasteiger charge is -2.11. The number of guanidine groups is 1. The summed E-state index contributed by atoms with van der Waals surface area (Å²) in [6.45, 7) is 5.33. The molecule has 29 heavy (non-hydrogen) atoms. The molecule has 2 N–H and O–H groups in total. The Morgan fingerprint density at radius 2 is 1.97 bits per heavy atom. The van der Waals surface area contributed by atoms with Crippen molar-refractivity contribution >= 4 is 11.6 Å². The van der Waals surface area contributed by atoms with Gasteiger partial charge in [0.15, 0.2) is 17.4 Å². The molecule has 0 atom stereocenters. The Bertz CT molecular complexity index is 907. The minimum atomic E-state index is 0.453. The molecule has 0 spiro atoms. The number of fused-ring (bicyclic) bond motifs is 1. The predicted molar refractivity (Wildman–Crippen MR) is 113 cm³/mol. The zero-order valence-electron chi connectivity index (χ0n) is 17.0. The number of hydrogen-bond acceptors (Lipinski definition) is 5. The quantitative estimate of drug-likeness (QED) is 0.311. The van der Waals surface area contributed by atoms with Crippen LogP contribution in [-0.4, -0.2) is 47.4 Å². The van der Waals surface area contributed by atoms with Crippen LogP contribution >= 0.6 is 0 Å². The summed E-state index contributed by atoms with van der Waals surface area (Å²) in [5.41, 5.74) is 1.96. The molecule has 0 fully saturated rings. The van der Waals surface area contributed by atoms with E-state index < -0.39 is 0 Å². The second-order valence-corrected chi connectivity index (χ2v) is 6.42. The highest BCUT2D eigenvalue weighted by Crippen LogP contribution is 2.11. The third-order valence-corrected chi connectivity index (χ3v) is 4.29. The molecule has 0 saturated carbocycles. The first kappa shape index (κ1) is 20.6. The van der Waals surface area contributed by atoms with E-state index in [1.165, 1.54) is 0 Å². The summed E-state index contributed by atoms with van der Waals surface area (Å²) in [6.07, 6.45) is 2.83. The highest BCUT2D eigenvalue weighted by molar-refractivity contribution is 5.79. The van der Waals surface area contributed by atoms with Gasteiger partial charge in [-0.15, -0.1) is 10.2 Å². The summed E-state index contributed by atoms with van der Waals surface area (Å²) >= 11 is 0. The van der Waals surface area contributed by atoms with Crippen LogP contribution < -0.4 is 15.4 Å². The van der Waals surface area contributed by atoms with Gasteiger partial charge in [0.05, 0.1) is 13.7 Å². The molecular formula is C21H28N6O2. The van der Waals surface area contributed by atoms with Crippen molar-refractivity contribution in [2.45, 2.75) is 26.5 Å². The molecule has 8 heteroatoms. The van der Waals surface area contributed by atoms with Crippen molar-refractivity contribution in [2.75, 3.05) is 26.8 Å². The zero-order chi connectivity index (χ0) is 20.3. The number of benzene rings is 1. The van der Waals surface area contributed by atoms with Crippen LogP contribution in [0.4, 0.5) is 0 Å². The average Bonchev–Trinajstić information content (AvgIpc) is 3.18. The van der Waals surface area contributed by atoms with Gasteiger partial charge < -0.3 is 20.1 Å². The number of aliphatic imine (C=N–C) groups is 1. The first-order chi connectivity index (χ1) is 14.3. The number of hydrogen-bond donors (Lipinski definition) is 2. The Hall–Kier alpha value is -3.13. The first-order valence-corrected chi connectivity index (χ1v) is 9.81. The number of nitrogens with zero attached hydrogens (tertiary/aromatic N) is 4. The van der Waals surface area contributed by atoms with Crippen molar-refractivity contribution in [1.29, 1.82) is 0 Å². The number of aromatic nitrogens is 3.